The number of para-hydroxylation sites is 1. The molecule has 0 aliphatic rings. The van der Waals surface area contributed by atoms with Crippen LogP contribution >= 0.6 is 0 Å². The highest BCUT2D eigenvalue weighted by Gasteiger charge is 2.07. The highest BCUT2D eigenvalue weighted by Crippen LogP contribution is 2.19. The summed E-state index contributed by atoms with van der Waals surface area (Å²) in [6.07, 6.45) is 0. The first kappa shape index (κ1) is 16.7. The van der Waals surface area contributed by atoms with E-state index in [2.05, 4.69) is 24.1 Å². The molecule has 0 fully saturated rings. The number of carbonyl (C=O) groups is 1. The van der Waals surface area contributed by atoms with Crippen molar-refractivity contribution in [3.8, 4) is 0 Å². The van der Waals surface area contributed by atoms with Gasteiger partial charge in [0.15, 0.2) is 0 Å². The van der Waals surface area contributed by atoms with E-state index >= 15 is 0 Å². The van der Waals surface area contributed by atoms with Crippen molar-refractivity contribution in [1.29, 1.82) is 0 Å². The predicted molar refractivity (Wildman–Crippen MR) is 83.2 cm³/mol. The molecule has 0 atom stereocenters. The summed E-state index contributed by atoms with van der Waals surface area (Å²) in [5, 5.41) is 2.92. The van der Waals surface area contributed by atoms with Crippen LogP contribution in [0.4, 0.5) is 5.69 Å². The molecule has 0 aliphatic carbocycles. The third-order valence-corrected chi connectivity index (χ3v) is 3.42. The van der Waals surface area contributed by atoms with Crippen LogP contribution in [0.5, 0.6) is 0 Å². The fourth-order valence-electron chi connectivity index (χ4n) is 2.09. The van der Waals surface area contributed by atoms with Crippen molar-refractivity contribution < 1.29 is 9.53 Å². The number of nitrogens with one attached hydrogen (secondary N) is 1. The molecule has 20 heavy (non-hydrogen) atoms. The van der Waals surface area contributed by atoms with Crippen LogP contribution in [0.15, 0.2) is 18.2 Å². The molecule has 1 N–H and O–H groups in total. The molecular formula is C16H26N2O2. The molecule has 0 saturated carbocycles. The van der Waals surface area contributed by atoms with E-state index < -0.39 is 0 Å². The van der Waals surface area contributed by atoms with Crippen molar-refractivity contribution in [1.82, 2.24) is 4.90 Å². The van der Waals surface area contributed by atoms with Crippen LogP contribution in [0.2, 0.25) is 0 Å². The molecule has 0 radical (unpaired) electrons. The molecule has 4 nitrogen and oxygen atoms in total. The highest BCUT2D eigenvalue weighted by atomic mass is 16.5. The lowest BCUT2D eigenvalue weighted by Gasteiger charge is -2.17. The van der Waals surface area contributed by atoms with Gasteiger partial charge in [-0.25, -0.2) is 0 Å². The quantitative estimate of drug-likeness (QED) is 0.743. The molecule has 4 heteroatoms. The van der Waals surface area contributed by atoms with Gasteiger partial charge in [-0.2, -0.15) is 0 Å². The third-order valence-electron chi connectivity index (χ3n) is 3.42. The third kappa shape index (κ3) is 5.31. The van der Waals surface area contributed by atoms with Crippen molar-refractivity contribution in [3.63, 3.8) is 0 Å². The lowest BCUT2D eigenvalue weighted by molar-refractivity contribution is -0.120. The van der Waals surface area contributed by atoms with Gasteiger partial charge in [0, 0.05) is 12.2 Å². The summed E-state index contributed by atoms with van der Waals surface area (Å²) in [6, 6.07) is 5.97. The second-order valence-electron chi connectivity index (χ2n) is 4.89. The van der Waals surface area contributed by atoms with Crippen molar-refractivity contribution >= 4 is 11.6 Å². The molecule has 1 aromatic rings. The topological polar surface area (TPSA) is 41.6 Å². The minimum atomic E-state index is -0.0954. The number of anilines is 1. The number of nitrogens with zero attached hydrogens (tertiary/aromatic N) is 1. The summed E-state index contributed by atoms with van der Waals surface area (Å²) in [4.78, 5) is 14.1. The maximum Gasteiger partial charge on any atom is 0.250 e. The fraction of sp³-hybridized carbons (Fsp3) is 0.562. The molecule has 1 rings (SSSR count). The summed E-state index contributed by atoms with van der Waals surface area (Å²) < 4.78 is 5.43. The number of amides is 1. The Morgan fingerprint density at radius 3 is 2.35 bits per heavy atom. The smallest absolute Gasteiger partial charge is 0.250 e. The SMILES string of the molecule is CCN(CC)CCOCC(=O)Nc1c(C)cccc1C. The van der Waals surface area contributed by atoms with E-state index in [9.17, 15) is 4.79 Å². The van der Waals surface area contributed by atoms with Gasteiger partial charge < -0.3 is 15.0 Å². The molecule has 0 bridgehead atoms. The second kappa shape index (κ2) is 8.72. The molecule has 0 aromatic heterocycles. The molecule has 0 unspecified atom stereocenters. The van der Waals surface area contributed by atoms with Crippen molar-refractivity contribution in [3.05, 3.63) is 29.3 Å². The first-order chi connectivity index (χ1) is 9.58. The van der Waals surface area contributed by atoms with Gasteiger partial charge in [0.2, 0.25) is 5.91 Å². The first-order valence-corrected chi connectivity index (χ1v) is 7.24. The summed E-state index contributed by atoms with van der Waals surface area (Å²) in [5.41, 5.74) is 3.04. The monoisotopic (exact) mass is 278 g/mol. The molecule has 0 spiro atoms. The average Bonchev–Trinajstić information content (AvgIpc) is 2.43. The predicted octanol–water partition coefficient (Wildman–Crippen LogP) is 2.60. The Morgan fingerprint density at radius 2 is 1.80 bits per heavy atom. The van der Waals surface area contributed by atoms with E-state index in [1.807, 2.05) is 32.0 Å². The molecule has 0 saturated heterocycles. The Labute approximate surface area is 122 Å². The van der Waals surface area contributed by atoms with Gasteiger partial charge in [0.05, 0.1) is 6.61 Å². The van der Waals surface area contributed by atoms with Crippen molar-refractivity contribution in [2.24, 2.45) is 0 Å². The lowest BCUT2D eigenvalue weighted by Crippen LogP contribution is -2.28. The molecule has 0 heterocycles. The van der Waals surface area contributed by atoms with Crippen LogP contribution in [-0.2, 0) is 9.53 Å². The van der Waals surface area contributed by atoms with Crippen molar-refractivity contribution in [2.75, 3.05) is 38.2 Å². The number of benzene rings is 1. The zero-order valence-corrected chi connectivity index (χ0v) is 13.0. The van der Waals surface area contributed by atoms with Gasteiger partial charge in [-0.15, -0.1) is 0 Å². The minimum Gasteiger partial charge on any atom is -0.370 e. The number of hydrogen-bond acceptors (Lipinski definition) is 3. The maximum absolute atomic E-state index is 11.9. The summed E-state index contributed by atoms with van der Waals surface area (Å²) in [6.45, 7) is 11.8. The Kier molecular flexibility index (Phi) is 7.26. The number of carbonyl (C=O) groups excluding carboxylic acids is 1. The molecular weight excluding hydrogens is 252 g/mol. The largest absolute Gasteiger partial charge is 0.370 e. The van der Waals surface area contributed by atoms with Crippen LogP contribution in [-0.4, -0.2) is 43.7 Å². The van der Waals surface area contributed by atoms with Gasteiger partial charge in [-0.05, 0) is 38.1 Å². The Hall–Kier alpha value is -1.39. The van der Waals surface area contributed by atoms with Gasteiger partial charge in [-0.1, -0.05) is 32.0 Å². The van der Waals surface area contributed by atoms with Gasteiger partial charge >= 0.3 is 0 Å². The van der Waals surface area contributed by atoms with Crippen LogP contribution in [0.3, 0.4) is 0 Å². The van der Waals surface area contributed by atoms with E-state index in [-0.39, 0.29) is 12.5 Å². The van der Waals surface area contributed by atoms with Crippen LogP contribution in [0.1, 0.15) is 25.0 Å². The Bertz CT molecular complexity index is 408. The maximum atomic E-state index is 11.9. The normalized spacial score (nSPS) is 10.8. The van der Waals surface area contributed by atoms with Gasteiger partial charge in [-0.3, -0.25) is 4.79 Å². The zero-order chi connectivity index (χ0) is 15.0. The van der Waals surface area contributed by atoms with E-state index in [4.69, 9.17) is 4.74 Å². The summed E-state index contributed by atoms with van der Waals surface area (Å²) >= 11 is 0. The molecule has 0 aliphatic heterocycles. The van der Waals surface area contributed by atoms with Crippen molar-refractivity contribution in [2.45, 2.75) is 27.7 Å². The van der Waals surface area contributed by atoms with Gasteiger partial charge in [0.25, 0.3) is 0 Å². The number of likely N-dealkylation sites (N-methyl/N-ethyl adjacent to an activating group) is 1. The number of hydrogen-bond donors (Lipinski definition) is 1. The van der Waals surface area contributed by atoms with E-state index in [1.165, 1.54) is 0 Å². The van der Waals surface area contributed by atoms with Crippen LogP contribution < -0.4 is 5.32 Å². The van der Waals surface area contributed by atoms with E-state index in [0.29, 0.717) is 6.61 Å². The van der Waals surface area contributed by atoms with Gasteiger partial charge in [0.1, 0.15) is 6.61 Å². The minimum absolute atomic E-state index is 0.0954. The zero-order valence-electron chi connectivity index (χ0n) is 13.0. The molecule has 1 aromatic carbocycles. The lowest BCUT2D eigenvalue weighted by atomic mass is 10.1. The van der Waals surface area contributed by atoms with E-state index in [1.54, 1.807) is 0 Å². The highest BCUT2D eigenvalue weighted by molar-refractivity contribution is 5.93. The van der Waals surface area contributed by atoms with Crippen LogP contribution in [0, 0.1) is 13.8 Å². The number of ether oxygens (including phenoxy) is 1. The molecule has 1 amide bonds. The second-order valence-corrected chi connectivity index (χ2v) is 4.89. The Morgan fingerprint density at radius 1 is 1.20 bits per heavy atom. The fourth-order valence-corrected chi connectivity index (χ4v) is 2.09. The summed E-state index contributed by atoms with van der Waals surface area (Å²) in [7, 11) is 0. The number of rotatable bonds is 8. The Balaban J connectivity index is 2.34. The van der Waals surface area contributed by atoms with Crippen LogP contribution in [0.25, 0.3) is 0 Å². The first-order valence-electron chi connectivity index (χ1n) is 7.24. The number of aryl methyl sites for hydroxylation is 2. The standard InChI is InChI=1S/C16H26N2O2/c1-5-18(6-2)10-11-20-12-15(19)17-16-13(3)8-7-9-14(16)4/h7-9H,5-6,10-12H2,1-4H3,(H,17,19). The van der Waals surface area contributed by atoms with E-state index in [0.717, 1.165) is 36.4 Å². The molecule has 112 valence electrons. The average molecular weight is 278 g/mol. The summed E-state index contributed by atoms with van der Waals surface area (Å²) in [5.74, 6) is -0.0954.